The van der Waals surface area contributed by atoms with Crippen molar-refractivity contribution in [1.29, 1.82) is 0 Å². The molecule has 0 spiro atoms. The van der Waals surface area contributed by atoms with Crippen LogP contribution < -0.4 is 5.32 Å². The number of ether oxygens (including phenoxy) is 1. The number of carbonyl (C=O) groups excluding carboxylic acids is 1. The Morgan fingerprint density at radius 3 is 2.50 bits per heavy atom. The van der Waals surface area contributed by atoms with Gasteiger partial charge in [0.25, 0.3) is 0 Å². The molecule has 2 heterocycles. The SMILES string of the molecule is CC1(C(=O)Nc2ccc(-n3ncc(C(=O)O)c3C(F)(F)F)cc2)CCCOC1. The number of aromatic nitrogens is 2. The number of anilines is 1. The van der Waals surface area contributed by atoms with E-state index < -0.39 is 28.8 Å². The Bertz CT molecular complexity index is 884. The van der Waals surface area contributed by atoms with Gasteiger partial charge in [0.05, 0.1) is 23.9 Å². The zero-order valence-electron chi connectivity index (χ0n) is 14.9. The molecule has 2 aromatic rings. The number of carbonyl (C=O) groups is 2. The highest BCUT2D eigenvalue weighted by Crippen LogP contribution is 2.34. The van der Waals surface area contributed by atoms with E-state index >= 15 is 0 Å². The van der Waals surface area contributed by atoms with Gasteiger partial charge >= 0.3 is 12.1 Å². The third-order valence-electron chi connectivity index (χ3n) is 4.62. The highest BCUT2D eigenvalue weighted by Gasteiger charge is 2.40. The molecule has 28 heavy (non-hydrogen) atoms. The maximum absolute atomic E-state index is 13.3. The predicted octanol–water partition coefficient (Wildman–Crippen LogP) is 3.34. The average Bonchev–Trinajstić information content (AvgIpc) is 3.09. The van der Waals surface area contributed by atoms with Gasteiger partial charge in [-0.05, 0) is 44.0 Å². The Morgan fingerprint density at radius 1 is 1.29 bits per heavy atom. The molecule has 2 N–H and O–H groups in total. The van der Waals surface area contributed by atoms with Crippen LogP contribution in [0.3, 0.4) is 0 Å². The van der Waals surface area contributed by atoms with Gasteiger partial charge in [-0.1, -0.05) is 0 Å². The molecule has 1 aromatic carbocycles. The second kappa shape index (κ2) is 7.27. The molecule has 1 aromatic heterocycles. The summed E-state index contributed by atoms with van der Waals surface area (Å²) in [5, 5.41) is 15.3. The fraction of sp³-hybridized carbons (Fsp3) is 0.389. The summed E-state index contributed by atoms with van der Waals surface area (Å²) in [6.45, 7) is 2.71. The molecule has 3 rings (SSSR count). The van der Waals surface area contributed by atoms with E-state index in [4.69, 9.17) is 9.84 Å². The molecule has 7 nitrogen and oxygen atoms in total. The second-order valence-corrected chi connectivity index (χ2v) is 6.84. The topological polar surface area (TPSA) is 93.5 Å². The normalized spacial score (nSPS) is 20.0. The molecule has 1 aliphatic rings. The van der Waals surface area contributed by atoms with E-state index in [1.807, 2.05) is 0 Å². The third kappa shape index (κ3) is 3.86. The van der Waals surface area contributed by atoms with Crippen LogP contribution in [-0.2, 0) is 15.7 Å². The van der Waals surface area contributed by atoms with Gasteiger partial charge < -0.3 is 15.2 Å². The van der Waals surface area contributed by atoms with E-state index in [-0.39, 0.29) is 11.6 Å². The van der Waals surface area contributed by atoms with Crippen molar-refractivity contribution >= 4 is 17.6 Å². The number of halogens is 3. The molecule has 0 radical (unpaired) electrons. The number of aromatic carboxylic acids is 1. The van der Waals surface area contributed by atoms with Crippen LogP contribution in [0, 0.1) is 5.41 Å². The standard InChI is InChI=1S/C18H18F3N3O4/c1-17(7-2-8-28-10-17)16(27)23-11-3-5-12(6-4-11)24-14(18(19,20)21)13(9-22-24)15(25)26/h3-6,9H,2,7-8,10H2,1H3,(H,23,27)(H,25,26). The van der Waals surface area contributed by atoms with Crippen LogP contribution >= 0.6 is 0 Å². The van der Waals surface area contributed by atoms with Gasteiger partial charge in [-0.2, -0.15) is 18.3 Å². The van der Waals surface area contributed by atoms with Crippen molar-refractivity contribution in [2.45, 2.75) is 25.9 Å². The summed E-state index contributed by atoms with van der Waals surface area (Å²) in [5.41, 5.74) is -2.55. The fourth-order valence-electron chi connectivity index (χ4n) is 3.05. The largest absolute Gasteiger partial charge is 0.478 e. The van der Waals surface area contributed by atoms with E-state index in [1.165, 1.54) is 24.3 Å². The number of rotatable bonds is 4. The summed E-state index contributed by atoms with van der Waals surface area (Å²) in [4.78, 5) is 23.5. The molecule has 0 bridgehead atoms. The van der Waals surface area contributed by atoms with Gasteiger partial charge in [-0.25, -0.2) is 9.48 Å². The van der Waals surface area contributed by atoms with E-state index in [9.17, 15) is 22.8 Å². The van der Waals surface area contributed by atoms with Crippen molar-refractivity contribution in [3.05, 3.63) is 41.7 Å². The average molecular weight is 397 g/mol. The lowest BCUT2D eigenvalue weighted by molar-refractivity contribution is -0.143. The number of carboxylic acids is 1. The number of hydrogen-bond donors (Lipinski definition) is 2. The highest BCUT2D eigenvalue weighted by molar-refractivity contribution is 5.95. The third-order valence-corrected chi connectivity index (χ3v) is 4.62. The Hall–Kier alpha value is -2.88. The van der Waals surface area contributed by atoms with Gasteiger partial charge in [0.1, 0.15) is 5.56 Å². The molecular weight excluding hydrogens is 379 g/mol. The molecule has 1 aliphatic heterocycles. The molecule has 10 heteroatoms. The highest BCUT2D eigenvalue weighted by atomic mass is 19.4. The minimum absolute atomic E-state index is 0.0186. The number of amides is 1. The monoisotopic (exact) mass is 397 g/mol. The van der Waals surface area contributed by atoms with Crippen molar-refractivity contribution in [2.24, 2.45) is 5.41 Å². The molecule has 1 atom stereocenters. The quantitative estimate of drug-likeness (QED) is 0.825. The minimum Gasteiger partial charge on any atom is -0.478 e. The molecule has 0 saturated carbocycles. The van der Waals surface area contributed by atoms with Crippen molar-refractivity contribution in [1.82, 2.24) is 9.78 Å². The Labute approximate surface area is 158 Å². The summed E-state index contributed by atoms with van der Waals surface area (Å²) >= 11 is 0. The lowest BCUT2D eigenvalue weighted by Gasteiger charge is -2.31. The summed E-state index contributed by atoms with van der Waals surface area (Å²) < 4.78 is 45.8. The van der Waals surface area contributed by atoms with Gasteiger partial charge in [-0.3, -0.25) is 4.79 Å². The number of alkyl halides is 3. The van der Waals surface area contributed by atoms with E-state index in [1.54, 1.807) is 6.92 Å². The van der Waals surface area contributed by atoms with Gasteiger partial charge in [0.2, 0.25) is 5.91 Å². The zero-order valence-corrected chi connectivity index (χ0v) is 14.9. The van der Waals surface area contributed by atoms with Crippen molar-refractivity contribution < 1.29 is 32.6 Å². The van der Waals surface area contributed by atoms with Crippen LogP contribution in [0.4, 0.5) is 18.9 Å². The first kappa shape index (κ1) is 19.9. The molecule has 0 aliphatic carbocycles. The molecule has 1 amide bonds. The second-order valence-electron chi connectivity index (χ2n) is 6.84. The van der Waals surface area contributed by atoms with E-state index in [0.717, 1.165) is 6.42 Å². The molecular formula is C18H18F3N3O4. The number of carboxylic acid groups (broad SMARTS) is 1. The summed E-state index contributed by atoms with van der Waals surface area (Å²) in [7, 11) is 0. The van der Waals surface area contributed by atoms with Gasteiger partial charge in [0, 0.05) is 12.3 Å². The number of benzene rings is 1. The van der Waals surface area contributed by atoms with Crippen LogP contribution in [0.25, 0.3) is 5.69 Å². The van der Waals surface area contributed by atoms with E-state index in [0.29, 0.717) is 36.2 Å². The van der Waals surface area contributed by atoms with Crippen LogP contribution in [0.1, 0.15) is 35.8 Å². The lowest BCUT2D eigenvalue weighted by atomic mass is 9.84. The molecule has 1 saturated heterocycles. The summed E-state index contributed by atoms with van der Waals surface area (Å²) in [5.74, 6) is -1.95. The minimum atomic E-state index is -4.90. The Kier molecular flexibility index (Phi) is 5.16. The maximum atomic E-state index is 13.3. The zero-order chi connectivity index (χ0) is 20.5. The fourth-order valence-corrected chi connectivity index (χ4v) is 3.05. The smallest absolute Gasteiger partial charge is 0.434 e. The van der Waals surface area contributed by atoms with Gasteiger partial charge in [-0.15, -0.1) is 0 Å². The molecule has 1 unspecified atom stereocenters. The first-order valence-electron chi connectivity index (χ1n) is 8.50. The van der Waals surface area contributed by atoms with Gasteiger partial charge in [0.15, 0.2) is 5.69 Å². The number of nitrogens with zero attached hydrogens (tertiary/aromatic N) is 2. The van der Waals surface area contributed by atoms with Crippen LogP contribution in [-0.4, -0.2) is 40.0 Å². The van der Waals surface area contributed by atoms with Crippen LogP contribution in [0.15, 0.2) is 30.5 Å². The molecule has 150 valence electrons. The number of nitrogens with one attached hydrogen (secondary N) is 1. The van der Waals surface area contributed by atoms with Crippen LogP contribution in [0.5, 0.6) is 0 Å². The summed E-state index contributed by atoms with van der Waals surface area (Å²) in [6, 6.07) is 5.51. The first-order valence-corrected chi connectivity index (χ1v) is 8.50. The Morgan fingerprint density at radius 2 is 1.96 bits per heavy atom. The Balaban J connectivity index is 1.84. The van der Waals surface area contributed by atoms with Crippen molar-refractivity contribution in [3.8, 4) is 5.69 Å². The van der Waals surface area contributed by atoms with Crippen LogP contribution in [0.2, 0.25) is 0 Å². The first-order chi connectivity index (χ1) is 13.1. The number of hydrogen-bond acceptors (Lipinski definition) is 4. The lowest BCUT2D eigenvalue weighted by Crippen LogP contribution is -2.40. The van der Waals surface area contributed by atoms with E-state index in [2.05, 4.69) is 10.4 Å². The van der Waals surface area contributed by atoms with Crippen molar-refractivity contribution in [2.75, 3.05) is 18.5 Å². The molecule has 1 fully saturated rings. The maximum Gasteiger partial charge on any atom is 0.434 e. The predicted molar refractivity (Wildman–Crippen MR) is 92.3 cm³/mol. The van der Waals surface area contributed by atoms with Crippen molar-refractivity contribution in [3.63, 3.8) is 0 Å². The summed E-state index contributed by atoms with van der Waals surface area (Å²) in [6.07, 6.45) is -2.79.